The van der Waals surface area contributed by atoms with Gasteiger partial charge in [0.2, 0.25) is 17.7 Å². The number of fused-ring (bicyclic) bond motifs is 1. The Balaban J connectivity index is 1.22. The molecular weight excluding hydrogens is 965 g/mol. The average molecular weight is 1050 g/mol. The Hall–Kier alpha value is -5.08. The minimum atomic E-state index is -0.820. The Labute approximate surface area is 443 Å². The second-order valence-corrected chi connectivity index (χ2v) is 21.9. The highest BCUT2D eigenvalue weighted by Gasteiger charge is 2.44. The molecule has 0 aliphatic carbocycles. The number of nitrogens with zero attached hydrogens (tertiary/aromatic N) is 5. The summed E-state index contributed by atoms with van der Waals surface area (Å²) < 4.78 is 12.2. The molecule has 10 atom stereocenters. The molecular formula is C56H86N6O13. The molecule has 3 aliphatic rings. The summed E-state index contributed by atoms with van der Waals surface area (Å²) >= 11 is 0. The van der Waals surface area contributed by atoms with Gasteiger partial charge in [-0.15, -0.1) is 5.06 Å². The number of likely N-dealkylation sites (tertiary alicyclic amines) is 1. The zero-order valence-electron chi connectivity index (χ0n) is 46.4. The number of para-hydroxylation sites is 1. The maximum absolute atomic E-state index is 14.8. The lowest BCUT2D eigenvalue weighted by atomic mass is 9.83. The number of ether oxygens (including phenoxy) is 2. The van der Waals surface area contributed by atoms with E-state index in [0.717, 1.165) is 21.5 Å². The van der Waals surface area contributed by atoms with Gasteiger partial charge in [0.05, 0.1) is 55.3 Å². The number of methoxy groups -OCH3 is 2. The van der Waals surface area contributed by atoms with E-state index in [9.17, 15) is 43.5 Å². The van der Waals surface area contributed by atoms with E-state index in [1.165, 1.54) is 7.11 Å². The minimum absolute atomic E-state index is 0.00876. The predicted molar refractivity (Wildman–Crippen MR) is 280 cm³/mol. The van der Waals surface area contributed by atoms with Gasteiger partial charge in [-0.05, 0) is 75.1 Å². The normalized spacial score (nSPS) is 20.4. The van der Waals surface area contributed by atoms with Crippen LogP contribution in [0.3, 0.4) is 0 Å². The van der Waals surface area contributed by atoms with Crippen molar-refractivity contribution in [3.8, 4) is 0 Å². The molecule has 75 heavy (non-hydrogen) atoms. The molecule has 1 aromatic carbocycles. The van der Waals surface area contributed by atoms with Gasteiger partial charge in [0, 0.05) is 88.9 Å². The third-order valence-corrected chi connectivity index (χ3v) is 15.9. The number of hydrogen-bond donors (Lipinski definition) is 2. The Bertz CT molecular complexity index is 2270. The van der Waals surface area contributed by atoms with Crippen LogP contribution >= 0.6 is 0 Å². The van der Waals surface area contributed by atoms with E-state index >= 15 is 0 Å². The summed E-state index contributed by atoms with van der Waals surface area (Å²) in [5.74, 6) is -5.14. The van der Waals surface area contributed by atoms with E-state index in [-0.39, 0.29) is 105 Å². The molecule has 1 unspecified atom stereocenters. The van der Waals surface area contributed by atoms with Crippen LogP contribution < -0.4 is 0 Å². The summed E-state index contributed by atoms with van der Waals surface area (Å²) in [6.45, 7) is 14.7. The summed E-state index contributed by atoms with van der Waals surface area (Å²) in [7, 11) is 6.71. The van der Waals surface area contributed by atoms with Crippen molar-refractivity contribution in [1.29, 1.82) is 0 Å². The summed E-state index contributed by atoms with van der Waals surface area (Å²) in [4.78, 5) is 127. The zero-order valence-corrected chi connectivity index (χ0v) is 46.4. The first kappa shape index (κ1) is 60.8. The molecule has 0 saturated carbocycles. The van der Waals surface area contributed by atoms with Crippen molar-refractivity contribution in [1.82, 2.24) is 29.8 Å². The number of carbonyl (C=O) groups is 8. The van der Waals surface area contributed by atoms with Gasteiger partial charge in [0.15, 0.2) is 5.78 Å². The van der Waals surface area contributed by atoms with Crippen LogP contribution in [-0.4, -0.2) is 173 Å². The van der Waals surface area contributed by atoms with E-state index in [2.05, 4.69) is 4.98 Å². The number of likely N-dealkylation sites (N-methyl/N-ethyl adjacent to an activating group) is 2. The van der Waals surface area contributed by atoms with Crippen molar-refractivity contribution in [2.24, 2.45) is 35.5 Å². The maximum atomic E-state index is 14.8. The number of Topliss-reactive ketones (excluding diaryl/α,β-unsaturated/α-hetero) is 2. The van der Waals surface area contributed by atoms with Gasteiger partial charge in [-0.25, -0.2) is 9.86 Å². The van der Waals surface area contributed by atoms with Crippen LogP contribution in [0.4, 0.5) is 0 Å². The van der Waals surface area contributed by atoms with Gasteiger partial charge in [-0.2, -0.15) is 0 Å². The number of imide groups is 1. The van der Waals surface area contributed by atoms with Gasteiger partial charge in [0.25, 0.3) is 11.8 Å². The van der Waals surface area contributed by atoms with E-state index in [0.29, 0.717) is 56.7 Å². The first-order chi connectivity index (χ1) is 35.6. The maximum Gasteiger partial charge on any atom is 0.333 e. The van der Waals surface area contributed by atoms with Crippen molar-refractivity contribution >= 4 is 58.0 Å². The monoisotopic (exact) mass is 1050 g/mol. The van der Waals surface area contributed by atoms with Gasteiger partial charge in [-0.3, -0.25) is 43.3 Å². The lowest BCUT2D eigenvalue weighted by Gasteiger charge is -2.41. The number of carbonyl (C=O) groups excluding carboxylic acids is 8. The van der Waals surface area contributed by atoms with Crippen molar-refractivity contribution in [3.63, 3.8) is 0 Å². The number of hydroxylamine groups is 4. The Kier molecular flexibility index (Phi) is 23.0. The lowest BCUT2D eigenvalue weighted by Crippen LogP contribution is -2.54. The third kappa shape index (κ3) is 15.5. The van der Waals surface area contributed by atoms with Crippen molar-refractivity contribution in [3.05, 3.63) is 36.0 Å². The Morgan fingerprint density at radius 1 is 0.880 bits per heavy atom. The van der Waals surface area contributed by atoms with Crippen LogP contribution in [0.5, 0.6) is 0 Å². The summed E-state index contributed by atoms with van der Waals surface area (Å²) in [6.07, 6.45) is 3.73. The molecule has 5 amide bonds. The van der Waals surface area contributed by atoms with E-state index in [1.54, 1.807) is 30.9 Å². The number of ketones is 2. The second kappa shape index (κ2) is 28.3. The number of aliphatic hydroxyl groups excluding tert-OH is 1. The van der Waals surface area contributed by atoms with Crippen molar-refractivity contribution < 1.29 is 62.6 Å². The fourth-order valence-corrected chi connectivity index (χ4v) is 11.5. The highest BCUT2D eigenvalue weighted by Crippen LogP contribution is 2.33. The van der Waals surface area contributed by atoms with Crippen LogP contribution in [0, 0.1) is 35.5 Å². The van der Waals surface area contributed by atoms with E-state index in [1.807, 2.05) is 84.0 Å². The van der Waals surface area contributed by atoms with Crippen LogP contribution in [-0.2, 0) is 63.9 Å². The van der Waals surface area contributed by atoms with Crippen LogP contribution in [0.15, 0.2) is 30.5 Å². The Morgan fingerprint density at radius 2 is 1.57 bits per heavy atom. The van der Waals surface area contributed by atoms with Gasteiger partial charge in [-0.1, -0.05) is 79.5 Å². The number of aromatic nitrogens is 1. The van der Waals surface area contributed by atoms with Crippen LogP contribution in [0.1, 0.15) is 131 Å². The summed E-state index contributed by atoms with van der Waals surface area (Å²) in [5, 5.41) is 12.8. The fraction of sp³-hybridized carbons (Fsp3) is 0.714. The molecule has 19 heteroatoms. The molecule has 5 rings (SSSR count). The number of benzene rings is 1. The topological polar surface area (TPSA) is 226 Å². The van der Waals surface area contributed by atoms with Crippen LogP contribution in [0.25, 0.3) is 10.9 Å². The van der Waals surface area contributed by atoms with Gasteiger partial charge >= 0.3 is 5.97 Å². The molecule has 3 fully saturated rings. The quantitative estimate of drug-likeness (QED) is 0.0708. The molecule has 0 bridgehead atoms. The molecule has 19 nitrogen and oxygen atoms in total. The second-order valence-electron chi connectivity index (χ2n) is 21.9. The first-order valence-corrected chi connectivity index (χ1v) is 27.2. The summed E-state index contributed by atoms with van der Waals surface area (Å²) in [6, 6.07) is 6.33. The van der Waals surface area contributed by atoms with Crippen LogP contribution in [0.2, 0.25) is 0 Å². The molecule has 1 aromatic heterocycles. The number of aromatic amines is 1. The van der Waals surface area contributed by atoms with Gasteiger partial charge in [0.1, 0.15) is 12.4 Å². The zero-order chi connectivity index (χ0) is 55.3. The first-order valence-electron chi connectivity index (χ1n) is 27.2. The average Bonchev–Trinajstić information content (AvgIpc) is 4.20. The molecule has 0 spiro atoms. The minimum Gasteiger partial charge on any atom is -0.389 e. The number of rotatable bonds is 30. The number of hydrogen-bond acceptors (Lipinski definition) is 14. The number of unbranched alkanes of at least 4 members (excludes halogenated alkanes) is 2. The summed E-state index contributed by atoms with van der Waals surface area (Å²) in [5.41, 5.74) is 1.79. The highest BCUT2D eigenvalue weighted by molar-refractivity contribution is 6.01. The molecule has 2 aromatic rings. The lowest BCUT2D eigenvalue weighted by molar-refractivity contribution is -0.197. The van der Waals surface area contributed by atoms with E-state index < -0.39 is 72.0 Å². The number of β-amino-alcohol motifs (C(OH)–C–C–N with tert-alkyl or cyclic N) is 1. The number of amides is 5. The molecule has 0 radical (unpaired) electrons. The molecule has 3 aliphatic heterocycles. The third-order valence-electron chi connectivity index (χ3n) is 15.9. The largest absolute Gasteiger partial charge is 0.389 e. The van der Waals surface area contributed by atoms with E-state index in [4.69, 9.17) is 19.1 Å². The van der Waals surface area contributed by atoms with Crippen molar-refractivity contribution in [2.45, 2.75) is 168 Å². The standard InChI is InChI=1S/C56H86N6O13/c1-12-36(6)53(59(9)56(71)42(34(2)3)29-46(65)52(35(4)5)58(8)25-17-13-14-22-51(69)75-62-48(66)23-24-49(62)67)47(72-10)30-50(68)60-26-18-21-44(60)54(73-11)37(7)45(64)28-38(55(70)61-32-40(63)33-74-61)27-39-31-57-43-20-16-15-19-41(39)43/h15-16,19-20,31,34-38,40,42,44,47,52-54,57,63H,12-14,17-18,21-30,32-33H2,1-11H3/t36-,37-,38+,40?,42-,44-,47+,52-,53-,54+/m0/s1. The predicted octanol–water partition coefficient (Wildman–Crippen LogP) is 5.70. The molecule has 2 N–H and O–H groups in total. The Morgan fingerprint density at radius 3 is 2.19 bits per heavy atom. The highest BCUT2D eigenvalue weighted by atomic mass is 16.7. The fourth-order valence-electron chi connectivity index (χ4n) is 11.5. The SMILES string of the molecule is CC[C@H](C)[C@@H]([C@@H](CC(=O)N1CCC[C@H]1[C@H](OC)[C@@H](C)C(=O)C[C@@H](Cc1c[nH]c2ccccc12)C(=O)N1CC(O)CO1)OC)N(C)C(=O)[C@@H](CC(=O)[C@H](C(C)C)N(C)CCCCCC(=O)ON1C(=O)CCC1=O)C(C)C. The molecule has 418 valence electrons. The molecule has 3 saturated heterocycles. The number of aliphatic hydroxyl groups is 1. The smallest absolute Gasteiger partial charge is 0.333 e. The number of nitrogens with one attached hydrogen (secondary N) is 1. The molecule has 4 heterocycles. The van der Waals surface area contributed by atoms with Gasteiger partial charge < -0.3 is 34.2 Å². The van der Waals surface area contributed by atoms with Crippen molar-refractivity contribution in [2.75, 3.05) is 54.6 Å². The number of H-pyrrole nitrogens is 1.